The van der Waals surface area contributed by atoms with Gasteiger partial charge < -0.3 is 10.1 Å². The van der Waals surface area contributed by atoms with Crippen LogP contribution in [0.15, 0.2) is 66.2 Å². The van der Waals surface area contributed by atoms with Crippen LogP contribution >= 0.6 is 23.2 Å². The minimum absolute atomic E-state index is 0.0639. The van der Waals surface area contributed by atoms with Gasteiger partial charge in [0.25, 0.3) is 5.91 Å². The van der Waals surface area contributed by atoms with Crippen LogP contribution in [-0.4, -0.2) is 5.91 Å². The maximum atomic E-state index is 12.6. The van der Waals surface area contributed by atoms with Crippen molar-refractivity contribution in [1.82, 2.24) is 0 Å². The minimum atomic E-state index is -0.507. The van der Waals surface area contributed by atoms with E-state index in [0.29, 0.717) is 33.7 Å². The highest BCUT2D eigenvalue weighted by Gasteiger charge is 2.14. The number of hydrogen-bond donors (Lipinski definition) is 1. The monoisotopic (exact) mass is 450 g/mol. The molecule has 0 aromatic heterocycles. The van der Waals surface area contributed by atoms with Gasteiger partial charge in [0.15, 0.2) is 5.75 Å². The molecule has 3 aromatic rings. The number of halogens is 2. The maximum Gasteiger partial charge on any atom is 0.266 e. The molecule has 0 heterocycles. The van der Waals surface area contributed by atoms with Gasteiger partial charge in [0, 0.05) is 5.69 Å². The molecule has 0 aliphatic rings. The zero-order chi connectivity index (χ0) is 22.4. The molecule has 0 fully saturated rings. The summed E-state index contributed by atoms with van der Waals surface area (Å²) in [5.41, 5.74) is 4.01. The molecule has 0 saturated heterocycles. The molecule has 0 aliphatic carbocycles. The minimum Gasteiger partial charge on any atom is -0.486 e. The predicted octanol–water partition coefficient (Wildman–Crippen LogP) is 6.73. The fourth-order valence-electron chi connectivity index (χ4n) is 2.91. The molecule has 156 valence electrons. The number of anilines is 1. The standard InChI is InChI=1S/C25H20Cl2N2O2/c1-16-8-9-17(2)23(10-16)29-25(30)20(14-28)11-19-12-21(26)24(22(27)13-19)31-15-18-6-4-3-5-7-18/h3-13H,15H2,1-2H3,(H,29,30)/b20-11+. The van der Waals surface area contributed by atoms with Crippen molar-refractivity contribution in [3.63, 3.8) is 0 Å². The third kappa shape index (κ3) is 5.88. The topological polar surface area (TPSA) is 62.1 Å². The highest BCUT2D eigenvalue weighted by molar-refractivity contribution is 6.37. The Morgan fingerprint density at radius 3 is 2.39 bits per heavy atom. The number of nitrogens with zero attached hydrogens (tertiary/aromatic N) is 1. The van der Waals surface area contributed by atoms with Crippen molar-refractivity contribution in [3.8, 4) is 11.8 Å². The first-order valence-corrected chi connectivity index (χ1v) is 10.3. The Bertz CT molecular complexity index is 1160. The zero-order valence-corrected chi connectivity index (χ0v) is 18.6. The lowest BCUT2D eigenvalue weighted by molar-refractivity contribution is -0.112. The van der Waals surface area contributed by atoms with Gasteiger partial charge in [-0.2, -0.15) is 5.26 Å². The van der Waals surface area contributed by atoms with E-state index in [1.165, 1.54) is 6.08 Å². The van der Waals surface area contributed by atoms with Gasteiger partial charge in [-0.15, -0.1) is 0 Å². The summed E-state index contributed by atoms with van der Waals surface area (Å²) in [6.07, 6.45) is 1.44. The quantitative estimate of drug-likeness (QED) is 0.334. The third-order valence-corrected chi connectivity index (χ3v) is 5.13. The zero-order valence-electron chi connectivity index (χ0n) is 17.1. The molecule has 0 unspecified atom stereocenters. The Balaban J connectivity index is 1.79. The van der Waals surface area contributed by atoms with Crippen molar-refractivity contribution in [1.29, 1.82) is 5.26 Å². The Kier molecular flexibility index (Phi) is 7.36. The van der Waals surface area contributed by atoms with E-state index in [4.69, 9.17) is 27.9 Å². The van der Waals surface area contributed by atoms with Gasteiger partial charge in [-0.25, -0.2) is 0 Å². The van der Waals surface area contributed by atoms with Gasteiger partial charge in [-0.05, 0) is 60.4 Å². The molecule has 3 aromatic carbocycles. The maximum absolute atomic E-state index is 12.6. The van der Waals surface area contributed by atoms with Gasteiger partial charge >= 0.3 is 0 Å². The number of carbonyl (C=O) groups is 1. The number of amides is 1. The molecule has 0 spiro atoms. The first-order valence-electron chi connectivity index (χ1n) is 9.53. The van der Waals surface area contributed by atoms with Crippen LogP contribution in [0.1, 0.15) is 22.3 Å². The number of rotatable bonds is 6. The largest absolute Gasteiger partial charge is 0.486 e. The van der Waals surface area contributed by atoms with Gasteiger partial charge in [-0.1, -0.05) is 65.7 Å². The fraction of sp³-hybridized carbons (Fsp3) is 0.120. The van der Waals surface area contributed by atoms with E-state index in [0.717, 1.165) is 16.7 Å². The third-order valence-electron chi connectivity index (χ3n) is 4.56. The number of ether oxygens (including phenoxy) is 1. The van der Waals surface area contributed by atoms with Crippen molar-refractivity contribution < 1.29 is 9.53 Å². The van der Waals surface area contributed by atoms with Crippen molar-refractivity contribution in [2.24, 2.45) is 0 Å². The van der Waals surface area contributed by atoms with E-state index in [1.54, 1.807) is 12.1 Å². The van der Waals surface area contributed by atoms with E-state index in [2.05, 4.69) is 5.32 Å². The number of nitrogens with one attached hydrogen (secondary N) is 1. The molecule has 0 bridgehead atoms. The predicted molar refractivity (Wildman–Crippen MR) is 125 cm³/mol. The average molecular weight is 451 g/mol. The van der Waals surface area contributed by atoms with Crippen LogP contribution in [0.5, 0.6) is 5.75 Å². The lowest BCUT2D eigenvalue weighted by Crippen LogP contribution is -2.14. The van der Waals surface area contributed by atoms with Crippen LogP contribution in [0.4, 0.5) is 5.69 Å². The molecule has 0 atom stereocenters. The van der Waals surface area contributed by atoms with E-state index < -0.39 is 5.91 Å². The van der Waals surface area contributed by atoms with Crippen LogP contribution in [0.2, 0.25) is 10.0 Å². The van der Waals surface area contributed by atoms with Crippen LogP contribution in [-0.2, 0) is 11.4 Å². The average Bonchev–Trinajstić information content (AvgIpc) is 2.74. The number of carbonyl (C=O) groups excluding carboxylic acids is 1. The van der Waals surface area contributed by atoms with Crippen molar-refractivity contribution >= 4 is 40.9 Å². The van der Waals surface area contributed by atoms with Crippen LogP contribution < -0.4 is 10.1 Å². The Hall–Kier alpha value is -3.26. The summed E-state index contributed by atoms with van der Waals surface area (Å²) in [7, 11) is 0. The van der Waals surface area contributed by atoms with Crippen molar-refractivity contribution in [3.05, 3.63) is 98.5 Å². The molecule has 1 N–H and O–H groups in total. The number of nitriles is 1. The van der Waals surface area contributed by atoms with Crippen molar-refractivity contribution in [2.45, 2.75) is 20.5 Å². The number of hydrogen-bond acceptors (Lipinski definition) is 3. The molecule has 4 nitrogen and oxygen atoms in total. The Labute approximate surface area is 191 Å². The van der Waals surface area contributed by atoms with Gasteiger partial charge in [0.05, 0.1) is 10.0 Å². The molecule has 3 rings (SSSR count). The second kappa shape index (κ2) is 10.2. The molecule has 6 heteroatoms. The molecule has 1 amide bonds. The SMILES string of the molecule is Cc1ccc(C)c(NC(=O)/C(C#N)=C/c2cc(Cl)c(OCc3ccccc3)c(Cl)c2)c1. The number of aryl methyl sites for hydroxylation is 2. The van der Waals surface area contributed by atoms with Crippen LogP contribution in [0, 0.1) is 25.2 Å². The molecule has 0 saturated carbocycles. The summed E-state index contributed by atoms with van der Waals surface area (Å²) in [6, 6.07) is 20.5. The Morgan fingerprint density at radius 1 is 1.06 bits per heavy atom. The summed E-state index contributed by atoms with van der Waals surface area (Å²) >= 11 is 12.7. The highest BCUT2D eigenvalue weighted by atomic mass is 35.5. The van der Waals surface area contributed by atoms with Crippen LogP contribution in [0.3, 0.4) is 0 Å². The molecular formula is C25H20Cl2N2O2. The first-order chi connectivity index (χ1) is 14.9. The lowest BCUT2D eigenvalue weighted by Gasteiger charge is -2.11. The van der Waals surface area contributed by atoms with E-state index >= 15 is 0 Å². The summed E-state index contributed by atoms with van der Waals surface area (Å²) in [4.78, 5) is 12.6. The summed E-state index contributed by atoms with van der Waals surface area (Å²) in [5.74, 6) is -0.157. The Morgan fingerprint density at radius 2 is 1.74 bits per heavy atom. The first kappa shape index (κ1) is 22.4. The van der Waals surface area contributed by atoms with Gasteiger partial charge in [-0.3, -0.25) is 4.79 Å². The normalized spacial score (nSPS) is 11.0. The van der Waals surface area contributed by atoms with E-state index in [1.807, 2.05) is 68.4 Å². The lowest BCUT2D eigenvalue weighted by atomic mass is 10.1. The smallest absolute Gasteiger partial charge is 0.266 e. The van der Waals surface area contributed by atoms with E-state index in [9.17, 15) is 10.1 Å². The fourth-order valence-corrected chi connectivity index (χ4v) is 3.52. The molecule has 31 heavy (non-hydrogen) atoms. The van der Waals surface area contributed by atoms with Gasteiger partial charge in [0.1, 0.15) is 18.2 Å². The summed E-state index contributed by atoms with van der Waals surface area (Å²) < 4.78 is 5.76. The number of benzene rings is 3. The summed E-state index contributed by atoms with van der Waals surface area (Å²) in [5, 5.41) is 12.9. The van der Waals surface area contributed by atoms with Crippen molar-refractivity contribution in [2.75, 3.05) is 5.32 Å². The second-order valence-corrected chi connectivity index (χ2v) is 7.84. The summed E-state index contributed by atoms with van der Waals surface area (Å²) in [6.45, 7) is 4.14. The molecule has 0 radical (unpaired) electrons. The highest BCUT2D eigenvalue weighted by Crippen LogP contribution is 2.35. The molecule has 0 aliphatic heterocycles. The van der Waals surface area contributed by atoms with Gasteiger partial charge in [0.2, 0.25) is 0 Å². The second-order valence-electron chi connectivity index (χ2n) is 7.03. The van der Waals surface area contributed by atoms with Crippen LogP contribution in [0.25, 0.3) is 6.08 Å². The molecular weight excluding hydrogens is 431 g/mol. The van der Waals surface area contributed by atoms with E-state index in [-0.39, 0.29) is 5.57 Å².